The molecule has 0 spiro atoms. The number of rotatable bonds is 5. The summed E-state index contributed by atoms with van der Waals surface area (Å²) in [6.07, 6.45) is 5.01. The van der Waals surface area contributed by atoms with Gasteiger partial charge in [0.15, 0.2) is 5.78 Å². The zero-order valence-corrected chi connectivity index (χ0v) is 14.4. The summed E-state index contributed by atoms with van der Waals surface area (Å²) in [4.78, 5) is 15.2. The van der Waals surface area contributed by atoms with Gasteiger partial charge in [-0.3, -0.25) is 4.79 Å². The molecule has 2 aromatic rings. The molecule has 0 atom stereocenters. The van der Waals surface area contributed by atoms with Crippen molar-refractivity contribution in [1.29, 1.82) is 5.26 Å². The first-order valence-electron chi connectivity index (χ1n) is 6.86. The van der Waals surface area contributed by atoms with Gasteiger partial charge >= 0.3 is 0 Å². The van der Waals surface area contributed by atoms with Gasteiger partial charge in [0.2, 0.25) is 0 Å². The third-order valence-electron chi connectivity index (χ3n) is 2.94. The number of hydrogen-bond acceptors (Lipinski definition) is 4. The van der Waals surface area contributed by atoms with Crippen LogP contribution in [-0.4, -0.2) is 24.8 Å². The van der Waals surface area contributed by atoms with Gasteiger partial charge in [0.05, 0.1) is 10.5 Å². The van der Waals surface area contributed by atoms with Crippen LogP contribution >= 0.6 is 22.9 Å². The fourth-order valence-electron chi connectivity index (χ4n) is 1.80. The van der Waals surface area contributed by atoms with E-state index < -0.39 is 0 Å². The van der Waals surface area contributed by atoms with Crippen molar-refractivity contribution >= 4 is 40.4 Å². The highest BCUT2D eigenvalue weighted by Gasteiger charge is 2.10. The maximum atomic E-state index is 12.0. The molecule has 1 heterocycles. The van der Waals surface area contributed by atoms with Crippen molar-refractivity contribution < 1.29 is 4.79 Å². The molecule has 0 bridgehead atoms. The van der Waals surface area contributed by atoms with Crippen LogP contribution in [0.3, 0.4) is 0 Å². The molecule has 5 heteroatoms. The van der Waals surface area contributed by atoms with Gasteiger partial charge in [-0.1, -0.05) is 23.7 Å². The van der Waals surface area contributed by atoms with Gasteiger partial charge in [-0.2, -0.15) is 5.26 Å². The summed E-state index contributed by atoms with van der Waals surface area (Å²) >= 11 is 7.17. The molecule has 0 N–H and O–H groups in total. The Morgan fingerprint density at radius 1 is 1.17 bits per heavy atom. The van der Waals surface area contributed by atoms with Crippen LogP contribution in [-0.2, 0) is 0 Å². The molecule has 0 unspecified atom stereocenters. The highest BCUT2D eigenvalue weighted by Crippen LogP contribution is 2.26. The molecule has 1 aromatic heterocycles. The highest BCUT2D eigenvalue weighted by atomic mass is 35.5. The molecule has 1 aromatic carbocycles. The Labute approximate surface area is 144 Å². The molecule has 0 amide bonds. The summed E-state index contributed by atoms with van der Waals surface area (Å²) in [5, 5.41) is 10.0. The molecular weight excluding hydrogens is 328 g/mol. The number of hydrogen-bond donors (Lipinski definition) is 0. The lowest BCUT2D eigenvalue weighted by Gasteiger charge is -2.01. The van der Waals surface area contributed by atoms with Gasteiger partial charge in [0, 0.05) is 36.3 Å². The van der Waals surface area contributed by atoms with Crippen LogP contribution in [0, 0.1) is 11.3 Å². The summed E-state index contributed by atoms with van der Waals surface area (Å²) in [5.74, 6) is -0.0706. The molecule has 0 aliphatic carbocycles. The van der Waals surface area contributed by atoms with Gasteiger partial charge in [0.25, 0.3) is 0 Å². The van der Waals surface area contributed by atoms with Gasteiger partial charge in [-0.25, -0.2) is 0 Å². The van der Waals surface area contributed by atoms with Crippen molar-refractivity contribution in [2.24, 2.45) is 0 Å². The number of carbonyl (C=O) groups is 1. The number of allylic oxidation sites excluding steroid dienone is 2. The van der Waals surface area contributed by atoms with Crippen LogP contribution in [0.2, 0.25) is 5.02 Å². The monoisotopic (exact) mass is 342 g/mol. The van der Waals surface area contributed by atoms with E-state index in [2.05, 4.69) is 6.07 Å². The SMILES string of the molecule is CN(C)/C=C/C(=O)c1ccc(/C(C#N)=C/c2ccc(Cl)cc2)s1. The fraction of sp³-hybridized carbons (Fsp3) is 0.111. The van der Waals surface area contributed by atoms with Gasteiger partial charge in [-0.15, -0.1) is 11.3 Å². The Balaban J connectivity index is 2.25. The minimum absolute atomic E-state index is 0.0706. The fourth-order valence-corrected chi connectivity index (χ4v) is 2.82. The van der Waals surface area contributed by atoms with E-state index in [-0.39, 0.29) is 5.78 Å². The second-order valence-electron chi connectivity index (χ2n) is 5.03. The Morgan fingerprint density at radius 3 is 2.43 bits per heavy atom. The average molecular weight is 343 g/mol. The van der Waals surface area contributed by atoms with E-state index in [1.54, 1.807) is 41.4 Å². The summed E-state index contributed by atoms with van der Waals surface area (Å²) in [6.45, 7) is 0. The first-order valence-corrected chi connectivity index (χ1v) is 8.05. The normalized spacial score (nSPS) is 11.5. The maximum absolute atomic E-state index is 12.0. The maximum Gasteiger partial charge on any atom is 0.197 e. The molecule has 0 aliphatic rings. The van der Waals surface area contributed by atoms with E-state index in [1.807, 2.05) is 26.2 Å². The molecule has 0 saturated heterocycles. The molecule has 0 saturated carbocycles. The van der Waals surface area contributed by atoms with Crippen LogP contribution in [0.4, 0.5) is 0 Å². The van der Waals surface area contributed by atoms with Crippen LogP contribution in [0.5, 0.6) is 0 Å². The van der Waals surface area contributed by atoms with Crippen molar-refractivity contribution in [2.75, 3.05) is 14.1 Å². The molecule has 116 valence electrons. The molecule has 0 fully saturated rings. The smallest absolute Gasteiger partial charge is 0.197 e. The third-order valence-corrected chi connectivity index (χ3v) is 4.32. The lowest BCUT2D eigenvalue weighted by atomic mass is 10.1. The van der Waals surface area contributed by atoms with Gasteiger partial charge in [0.1, 0.15) is 6.07 Å². The Bertz CT molecular complexity index is 795. The second kappa shape index (κ2) is 7.77. The number of carbonyl (C=O) groups excluding carboxylic acids is 1. The van der Waals surface area contributed by atoms with Crippen LogP contribution in [0.15, 0.2) is 48.7 Å². The standard InChI is InChI=1S/C18H15ClN2OS/c1-21(2)10-9-16(22)18-8-7-17(23-18)14(12-20)11-13-3-5-15(19)6-4-13/h3-11H,1-2H3/b10-9+,14-11+. The molecule has 3 nitrogen and oxygen atoms in total. The van der Waals surface area contributed by atoms with E-state index >= 15 is 0 Å². The third kappa shape index (κ3) is 4.82. The number of nitriles is 1. The lowest BCUT2D eigenvalue weighted by molar-refractivity contribution is 0.104. The zero-order chi connectivity index (χ0) is 16.8. The van der Waals surface area contributed by atoms with Crippen molar-refractivity contribution in [3.05, 3.63) is 69.0 Å². The van der Waals surface area contributed by atoms with E-state index in [0.29, 0.717) is 15.5 Å². The number of nitrogens with zero attached hydrogens (tertiary/aromatic N) is 2. The quantitative estimate of drug-likeness (QED) is 0.448. The van der Waals surface area contributed by atoms with E-state index in [4.69, 9.17) is 11.6 Å². The molecule has 0 radical (unpaired) electrons. The Hall–Kier alpha value is -2.35. The summed E-state index contributed by atoms with van der Waals surface area (Å²) in [6, 6.07) is 13.0. The number of benzene rings is 1. The minimum atomic E-state index is -0.0706. The highest BCUT2D eigenvalue weighted by molar-refractivity contribution is 7.15. The summed E-state index contributed by atoms with van der Waals surface area (Å²) in [5.41, 5.74) is 1.41. The van der Waals surface area contributed by atoms with Crippen molar-refractivity contribution in [3.63, 3.8) is 0 Å². The van der Waals surface area contributed by atoms with Gasteiger partial charge < -0.3 is 4.90 Å². The molecule has 23 heavy (non-hydrogen) atoms. The first-order chi connectivity index (χ1) is 11.0. The van der Waals surface area contributed by atoms with E-state index in [0.717, 1.165) is 10.4 Å². The van der Waals surface area contributed by atoms with Crippen LogP contribution < -0.4 is 0 Å². The first kappa shape index (κ1) is 17.0. The lowest BCUT2D eigenvalue weighted by Crippen LogP contribution is -2.02. The van der Waals surface area contributed by atoms with Gasteiger partial charge in [-0.05, 0) is 35.9 Å². The number of thiophene rings is 1. The van der Waals surface area contributed by atoms with Crippen LogP contribution in [0.1, 0.15) is 20.1 Å². The van der Waals surface area contributed by atoms with Crippen LogP contribution in [0.25, 0.3) is 11.6 Å². The number of ketones is 1. The molecular formula is C18H15ClN2OS. The summed E-state index contributed by atoms with van der Waals surface area (Å²) < 4.78 is 0. The number of halogens is 1. The average Bonchev–Trinajstić information content (AvgIpc) is 3.02. The predicted octanol–water partition coefficient (Wildman–Crippen LogP) is 4.72. The largest absolute Gasteiger partial charge is 0.383 e. The Kier molecular flexibility index (Phi) is 5.75. The molecule has 2 rings (SSSR count). The predicted molar refractivity (Wildman–Crippen MR) is 96.4 cm³/mol. The van der Waals surface area contributed by atoms with Crippen molar-refractivity contribution in [1.82, 2.24) is 4.90 Å². The van der Waals surface area contributed by atoms with Crippen molar-refractivity contribution in [3.8, 4) is 6.07 Å². The van der Waals surface area contributed by atoms with E-state index in [9.17, 15) is 10.1 Å². The molecule has 0 aliphatic heterocycles. The van der Waals surface area contributed by atoms with E-state index in [1.165, 1.54) is 17.4 Å². The van der Waals surface area contributed by atoms with Crippen molar-refractivity contribution in [2.45, 2.75) is 0 Å². The topological polar surface area (TPSA) is 44.1 Å². The zero-order valence-electron chi connectivity index (χ0n) is 12.8. The summed E-state index contributed by atoms with van der Waals surface area (Å²) in [7, 11) is 3.71. The second-order valence-corrected chi connectivity index (χ2v) is 6.55. The minimum Gasteiger partial charge on any atom is -0.383 e. The Morgan fingerprint density at radius 2 is 1.83 bits per heavy atom.